The predicted octanol–water partition coefficient (Wildman–Crippen LogP) is 3.26. The van der Waals surface area contributed by atoms with Crippen molar-refractivity contribution < 1.29 is 13.9 Å². The zero-order valence-corrected chi connectivity index (χ0v) is 16.5. The highest BCUT2D eigenvalue weighted by Gasteiger charge is 2.29. The molecule has 0 atom stereocenters. The van der Waals surface area contributed by atoms with E-state index < -0.39 is 0 Å². The second kappa shape index (κ2) is 7.51. The van der Waals surface area contributed by atoms with Crippen molar-refractivity contribution in [3.8, 4) is 5.75 Å². The first-order valence-electron chi connectivity index (χ1n) is 9.54. The fraction of sp³-hybridized carbons (Fsp3) is 0.286. The van der Waals surface area contributed by atoms with Crippen LogP contribution in [0.3, 0.4) is 0 Å². The smallest absolute Gasteiger partial charge is 0.252 e. The second-order valence-electron chi connectivity index (χ2n) is 7.15. The number of ether oxygens (including phenoxy) is 1. The molecule has 5 rings (SSSR count). The average molecular weight is 410 g/mol. The number of carbonyl (C=O) groups excluding carboxylic acids is 1. The quantitative estimate of drug-likeness (QED) is 0.646. The molecule has 0 unspecified atom stereocenters. The van der Waals surface area contributed by atoms with Crippen molar-refractivity contribution in [3.05, 3.63) is 70.8 Å². The van der Waals surface area contributed by atoms with E-state index in [0.717, 1.165) is 18.6 Å². The van der Waals surface area contributed by atoms with E-state index in [1.807, 2.05) is 6.07 Å². The number of hydrogen-bond donors (Lipinski definition) is 0. The van der Waals surface area contributed by atoms with Gasteiger partial charge in [0.1, 0.15) is 18.2 Å². The van der Waals surface area contributed by atoms with Crippen LogP contribution in [0.25, 0.3) is 0 Å². The molecule has 29 heavy (non-hydrogen) atoms. The topological polar surface area (TPSA) is 60.2 Å². The number of carbonyl (C=O) groups is 1. The number of benzene rings is 2. The minimum atomic E-state index is -0.328. The van der Waals surface area contributed by atoms with Gasteiger partial charge < -0.3 is 4.74 Å². The third-order valence-electron chi connectivity index (χ3n) is 5.19. The van der Waals surface area contributed by atoms with Crippen LogP contribution < -0.4 is 9.75 Å². The Morgan fingerprint density at radius 1 is 1.10 bits per heavy atom. The minimum Gasteiger partial charge on any atom is -0.486 e. The van der Waals surface area contributed by atoms with Gasteiger partial charge in [-0.3, -0.25) is 4.79 Å². The highest BCUT2D eigenvalue weighted by Crippen LogP contribution is 2.28. The molecule has 1 aromatic heterocycles. The average Bonchev–Trinajstić information content (AvgIpc) is 3.35. The zero-order valence-electron chi connectivity index (χ0n) is 15.7. The van der Waals surface area contributed by atoms with Crippen LogP contribution in [0.2, 0.25) is 0 Å². The van der Waals surface area contributed by atoms with E-state index in [0.29, 0.717) is 16.5 Å². The van der Waals surface area contributed by atoms with Crippen LogP contribution in [0.5, 0.6) is 5.75 Å². The van der Waals surface area contributed by atoms with E-state index in [9.17, 15) is 9.18 Å². The van der Waals surface area contributed by atoms with Crippen LogP contribution >= 0.6 is 11.8 Å². The maximum Gasteiger partial charge on any atom is 0.252 e. The van der Waals surface area contributed by atoms with Crippen LogP contribution in [0.1, 0.15) is 28.9 Å². The van der Waals surface area contributed by atoms with Crippen LogP contribution in [0.15, 0.2) is 47.6 Å². The monoisotopic (exact) mass is 410 g/mol. The third-order valence-corrected chi connectivity index (χ3v) is 6.09. The summed E-state index contributed by atoms with van der Waals surface area (Å²) in [6.45, 7) is 0.438. The Morgan fingerprint density at radius 3 is 2.90 bits per heavy atom. The SMILES string of the molecule is O=C1CSc2nnc(COc3ccc4c(c3)CCC4)n2N1Cc1cccc(F)c1. The highest BCUT2D eigenvalue weighted by atomic mass is 32.2. The third kappa shape index (κ3) is 3.60. The molecule has 0 radical (unpaired) electrons. The molecule has 148 valence electrons. The van der Waals surface area contributed by atoms with Gasteiger partial charge in [-0.2, -0.15) is 0 Å². The van der Waals surface area contributed by atoms with Gasteiger partial charge in [0.15, 0.2) is 5.82 Å². The fourth-order valence-electron chi connectivity index (χ4n) is 3.78. The van der Waals surface area contributed by atoms with E-state index in [1.165, 1.54) is 41.4 Å². The largest absolute Gasteiger partial charge is 0.486 e. The van der Waals surface area contributed by atoms with Crippen molar-refractivity contribution in [1.82, 2.24) is 14.9 Å². The van der Waals surface area contributed by atoms with Gasteiger partial charge in [-0.25, -0.2) is 14.1 Å². The molecule has 3 aromatic rings. The molecule has 0 bridgehead atoms. The molecule has 1 aliphatic heterocycles. The molecule has 0 N–H and O–H groups in total. The molecule has 2 heterocycles. The second-order valence-corrected chi connectivity index (χ2v) is 8.10. The molecule has 1 amide bonds. The molecule has 0 saturated carbocycles. The van der Waals surface area contributed by atoms with E-state index in [4.69, 9.17) is 4.74 Å². The summed E-state index contributed by atoms with van der Waals surface area (Å²) in [5.41, 5.74) is 3.43. The molecule has 1 aliphatic carbocycles. The predicted molar refractivity (Wildman–Crippen MR) is 107 cm³/mol. The molecule has 8 heteroatoms. The summed E-state index contributed by atoms with van der Waals surface area (Å²) in [5, 5.41) is 10.6. The molecule has 0 spiro atoms. The van der Waals surface area contributed by atoms with Gasteiger partial charge in [-0.15, -0.1) is 10.2 Å². The number of halogens is 1. The molecular formula is C21H19FN4O2S. The molecule has 6 nitrogen and oxygen atoms in total. The Balaban J connectivity index is 1.38. The number of nitrogens with zero attached hydrogens (tertiary/aromatic N) is 4. The standard InChI is InChI=1S/C21H19FN4O2S/c22-17-6-1-3-14(9-17)11-25-20(27)13-29-21-24-23-19(26(21)25)12-28-18-8-7-15-4-2-5-16(15)10-18/h1,3,6-10H,2,4-5,11-13H2. The normalized spacial score (nSPS) is 15.3. The van der Waals surface area contributed by atoms with Crippen molar-refractivity contribution in [3.63, 3.8) is 0 Å². The Bertz CT molecular complexity index is 1080. The first-order chi connectivity index (χ1) is 14.2. The maximum absolute atomic E-state index is 13.6. The van der Waals surface area contributed by atoms with Crippen molar-refractivity contribution in [2.45, 2.75) is 37.6 Å². The highest BCUT2D eigenvalue weighted by molar-refractivity contribution is 7.99. The van der Waals surface area contributed by atoms with Gasteiger partial charge in [-0.05, 0) is 60.2 Å². The molecule has 2 aromatic carbocycles. The Morgan fingerprint density at radius 2 is 2.00 bits per heavy atom. The summed E-state index contributed by atoms with van der Waals surface area (Å²) < 4.78 is 21.2. The van der Waals surface area contributed by atoms with E-state index in [2.05, 4.69) is 22.3 Å². The Labute approximate surface area is 171 Å². The zero-order chi connectivity index (χ0) is 19.8. The van der Waals surface area contributed by atoms with Gasteiger partial charge in [0.05, 0.1) is 12.3 Å². The number of aryl methyl sites for hydroxylation is 2. The summed E-state index contributed by atoms with van der Waals surface area (Å²) in [6.07, 6.45) is 3.39. The van der Waals surface area contributed by atoms with Crippen molar-refractivity contribution >= 4 is 17.7 Å². The van der Waals surface area contributed by atoms with Crippen LogP contribution in [-0.4, -0.2) is 26.5 Å². The maximum atomic E-state index is 13.6. The Kier molecular flexibility index (Phi) is 4.71. The number of fused-ring (bicyclic) bond motifs is 2. The van der Waals surface area contributed by atoms with Gasteiger partial charge in [0, 0.05) is 0 Å². The first kappa shape index (κ1) is 18.2. The van der Waals surface area contributed by atoms with Gasteiger partial charge >= 0.3 is 0 Å². The lowest BCUT2D eigenvalue weighted by Crippen LogP contribution is -2.45. The van der Waals surface area contributed by atoms with Gasteiger partial charge in [-0.1, -0.05) is 30.0 Å². The van der Waals surface area contributed by atoms with E-state index in [-0.39, 0.29) is 30.6 Å². The van der Waals surface area contributed by atoms with Gasteiger partial charge in [0.25, 0.3) is 5.91 Å². The molecule has 0 fully saturated rings. The Hall–Kier alpha value is -2.87. The number of hydrogen-bond acceptors (Lipinski definition) is 5. The number of aromatic nitrogens is 3. The van der Waals surface area contributed by atoms with Crippen molar-refractivity contribution in [2.75, 3.05) is 10.8 Å². The number of thioether (sulfide) groups is 1. The first-order valence-corrected chi connectivity index (χ1v) is 10.5. The van der Waals surface area contributed by atoms with Crippen molar-refractivity contribution in [2.24, 2.45) is 0 Å². The van der Waals surface area contributed by atoms with Crippen LogP contribution in [0.4, 0.5) is 4.39 Å². The number of rotatable bonds is 5. The summed E-state index contributed by atoms with van der Waals surface area (Å²) in [4.78, 5) is 12.6. The summed E-state index contributed by atoms with van der Waals surface area (Å²) in [5.74, 6) is 1.20. The van der Waals surface area contributed by atoms with E-state index >= 15 is 0 Å². The van der Waals surface area contributed by atoms with Crippen molar-refractivity contribution in [1.29, 1.82) is 0 Å². The fourth-order valence-corrected chi connectivity index (χ4v) is 4.61. The summed E-state index contributed by atoms with van der Waals surface area (Å²) >= 11 is 1.34. The lowest BCUT2D eigenvalue weighted by molar-refractivity contribution is -0.118. The lowest BCUT2D eigenvalue weighted by Gasteiger charge is -2.29. The summed E-state index contributed by atoms with van der Waals surface area (Å²) in [7, 11) is 0. The summed E-state index contributed by atoms with van der Waals surface area (Å²) in [6, 6.07) is 12.4. The van der Waals surface area contributed by atoms with Gasteiger partial charge in [0.2, 0.25) is 5.16 Å². The molecular weight excluding hydrogens is 391 g/mol. The van der Waals surface area contributed by atoms with E-state index in [1.54, 1.807) is 21.8 Å². The van der Waals surface area contributed by atoms with Crippen LogP contribution in [0, 0.1) is 5.82 Å². The van der Waals surface area contributed by atoms with Crippen LogP contribution in [-0.2, 0) is 30.8 Å². The minimum absolute atomic E-state index is 0.0784. The lowest BCUT2D eigenvalue weighted by atomic mass is 10.1. The molecule has 2 aliphatic rings. The number of amides is 1. The molecule has 0 saturated heterocycles.